The summed E-state index contributed by atoms with van der Waals surface area (Å²) in [6, 6.07) is 9.87. The van der Waals surface area contributed by atoms with Gasteiger partial charge in [0, 0.05) is 6.54 Å². The first-order valence-corrected chi connectivity index (χ1v) is 8.52. The maximum atomic E-state index is 12.8. The molecule has 5 nitrogen and oxygen atoms in total. The van der Waals surface area contributed by atoms with Crippen molar-refractivity contribution in [2.24, 2.45) is 5.73 Å². The molecule has 1 fully saturated rings. The molecule has 0 spiro atoms. The van der Waals surface area contributed by atoms with Crippen LogP contribution in [0.5, 0.6) is 0 Å². The van der Waals surface area contributed by atoms with E-state index in [1.54, 1.807) is 17.4 Å². The lowest BCUT2D eigenvalue weighted by atomic mass is 10.2. The number of nitrogens with zero attached hydrogens (tertiary/aromatic N) is 2. The fourth-order valence-electron chi connectivity index (χ4n) is 3.06. The van der Waals surface area contributed by atoms with Crippen molar-refractivity contribution in [1.82, 2.24) is 9.88 Å². The molecule has 4 rings (SSSR count). The van der Waals surface area contributed by atoms with Gasteiger partial charge in [0.15, 0.2) is 0 Å². The molecule has 2 N–H and O–H groups in total. The maximum Gasteiger partial charge on any atom is 0.257 e. The van der Waals surface area contributed by atoms with Gasteiger partial charge in [0.1, 0.15) is 17.0 Å². The third kappa shape index (κ3) is 2.54. The highest BCUT2D eigenvalue weighted by Gasteiger charge is 2.33. The molecule has 1 unspecified atom stereocenters. The van der Waals surface area contributed by atoms with E-state index in [9.17, 15) is 4.79 Å². The average Bonchev–Trinajstić information content (AvgIpc) is 3.30. The molecule has 1 aromatic carbocycles. The van der Waals surface area contributed by atoms with Gasteiger partial charge in [-0.25, -0.2) is 4.98 Å². The van der Waals surface area contributed by atoms with E-state index in [1.807, 2.05) is 23.1 Å². The number of nitrogens with two attached hydrogens (primary N) is 1. The van der Waals surface area contributed by atoms with Crippen LogP contribution in [-0.2, 0) is 6.54 Å². The number of hydrogen-bond donors (Lipinski definition) is 1. The summed E-state index contributed by atoms with van der Waals surface area (Å²) < 4.78 is 6.46. The van der Waals surface area contributed by atoms with Crippen LogP contribution in [0.1, 0.15) is 40.0 Å². The van der Waals surface area contributed by atoms with Crippen molar-refractivity contribution in [1.29, 1.82) is 0 Å². The Morgan fingerprint density at radius 3 is 3.09 bits per heavy atom. The van der Waals surface area contributed by atoms with E-state index in [0.29, 0.717) is 17.9 Å². The smallest absolute Gasteiger partial charge is 0.257 e. The Balaban J connectivity index is 1.64. The Labute approximate surface area is 137 Å². The van der Waals surface area contributed by atoms with Gasteiger partial charge in [-0.2, -0.15) is 0 Å². The van der Waals surface area contributed by atoms with Crippen LogP contribution in [0.25, 0.3) is 10.2 Å². The molecule has 1 aliphatic rings. The van der Waals surface area contributed by atoms with Crippen molar-refractivity contribution in [2.75, 3.05) is 6.54 Å². The summed E-state index contributed by atoms with van der Waals surface area (Å²) in [6.45, 7) is 1.05. The molecule has 0 aliphatic carbocycles. The van der Waals surface area contributed by atoms with E-state index >= 15 is 0 Å². The molecule has 1 atom stereocenters. The number of carbonyl (C=O) groups is 1. The first-order valence-electron chi connectivity index (χ1n) is 7.70. The normalized spacial score (nSPS) is 18.0. The molecule has 23 heavy (non-hydrogen) atoms. The molecule has 6 heteroatoms. The first-order chi connectivity index (χ1) is 11.3. The molecule has 0 radical (unpaired) electrons. The van der Waals surface area contributed by atoms with Gasteiger partial charge in [0.25, 0.3) is 5.91 Å². The highest BCUT2D eigenvalue weighted by Crippen LogP contribution is 2.37. The summed E-state index contributed by atoms with van der Waals surface area (Å²) in [4.78, 5) is 19.4. The number of hydrogen-bond acceptors (Lipinski definition) is 5. The second kappa shape index (κ2) is 5.79. The standard InChI is InChI=1S/C17H17N3O2S/c18-9-12-8-11(10-22-12)17(21)20-7-3-5-14(20)16-19-13-4-1-2-6-15(13)23-16/h1-2,4,6,8,10,14H,3,5,7,9,18H2. The summed E-state index contributed by atoms with van der Waals surface area (Å²) in [5, 5.41) is 1.01. The van der Waals surface area contributed by atoms with Crippen LogP contribution in [-0.4, -0.2) is 22.3 Å². The summed E-state index contributed by atoms with van der Waals surface area (Å²) in [5.74, 6) is 0.624. The maximum absolute atomic E-state index is 12.8. The minimum absolute atomic E-state index is 0.00444. The molecule has 1 saturated heterocycles. The van der Waals surface area contributed by atoms with E-state index in [-0.39, 0.29) is 11.9 Å². The number of thiazole rings is 1. The Morgan fingerprint density at radius 1 is 1.43 bits per heavy atom. The Morgan fingerprint density at radius 2 is 2.30 bits per heavy atom. The Kier molecular flexibility index (Phi) is 3.63. The third-order valence-corrected chi connectivity index (χ3v) is 5.35. The Hall–Kier alpha value is -2.18. The Bertz CT molecular complexity index is 821. The molecule has 3 aromatic rings. The van der Waals surface area contributed by atoms with Gasteiger partial charge in [-0.15, -0.1) is 11.3 Å². The van der Waals surface area contributed by atoms with E-state index in [0.717, 1.165) is 34.6 Å². The minimum atomic E-state index is -0.00444. The van der Waals surface area contributed by atoms with Gasteiger partial charge in [-0.1, -0.05) is 12.1 Å². The van der Waals surface area contributed by atoms with Crippen molar-refractivity contribution in [3.63, 3.8) is 0 Å². The zero-order valence-corrected chi connectivity index (χ0v) is 13.4. The van der Waals surface area contributed by atoms with Crippen LogP contribution >= 0.6 is 11.3 Å². The van der Waals surface area contributed by atoms with Gasteiger partial charge in [-0.05, 0) is 31.0 Å². The number of furan rings is 1. The van der Waals surface area contributed by atoms with Crippen LogP contribution in [0.2, 0.25) is 0 Å². The molecular weight excluding hydrogens is 310 g/mol. The predicted octanol–water partition coefficient (Wildman–Crippen LogP) is 3.33. The summed E-state index contributed by atoms with van der Waals surface area (Å²) in [7, 11) is 0. The fraction of sp³-hybridized carbons (Fsp3) is 0.294. The molecule has 1 amide bonds. The quantitative estimate of drug-likeness (QED) is 0.801. The number of aromatic nitrogens is 1. The molecule has 1 aliphatic heterocycles. The highest BCUT2D eigenvalue weighted by atomic mass is 32.1. The van der Waals surface area contributed by atoms with E-state index in [1.165, 1.54) is 6.26 Å². The summed E-state index contributed by atoms with van der Waals surface area (Å²) in [6.07, 6.45) is 3.44. The second-order valence-electron chi connectivity index (χ2n) is 5.68. The number of rotatable bonds is 3. The topological polar surface area (TPSA) is 72.4 Å². The van der Waals surface area contributed by atoms with Crippen molar-refractivity contribution < 1.29 is 9.21 Å². The first kappa shape index (κ1) is 14.4. The van der Waals surface area contributed by atoms with Gasteiger partial charge in [-0.3, -0.25) is 4.79 Å². The molecule has 2 aromatic heterocycles. The monoisotopic (exact) mass is 327 g/mol. The van der Waals surface area contributed by atoms with Crippen molar-refractivity contribution in [3.05, 3.63) is 52.9 Å². The number of carbonyl (C=O) groups excluding carboxylic acids is 1. The van der Waals surface area contributed by atoms with Gasteiger partial charge >= 0.3 is 0 Å². The average molecular weight is 327 g/mol. The van der Waals surface area contributed by atoms with E-state index in [4.69, 9.17) is 15.1 Å². The largest absolute Gasteiger partial charge is 0.467 e. The molecule has 0 bridgehead atoms. The zero-order chi connectivity index (χ0) is 15.8. The van der Waals surface area contributed by atoms with Crippen LogP contribution < -0.4 is 5.73 Å². The fourth-order valence-corrected chi connectivity index (χ4v) is 4.18. The van der Waals surface area contributed by atoms with Crippen LogP contribution in [0, 0.1) is 0 Å². The lowest BCUT2D eigenvalue weighted by Crippen LogP contribution is -2.30. The minimum Gasteiger partial charge on any atom is -0.467 e. The van der Waals surface area contributed by atoms with E-state index < -0.39 is 0 Å². The summed E-state index contributed by atoms with van der Waals surface area (Å²) >= 11 is 1.67. The zero-order valence-electron chi connectivity index (χ0n) is 12.6. The lowest BCUT2D eigenvalue weighted by molar-refractivity contribution is 0.0735. The van der Waals surface area contributed by atoms with Crippen LogP contribution in [0.3, 0.4) is 0 Å². The van der Waals surface area contributed by atoms with Gasteiger partial charge < -0.3 is 15.1 Å². The van der Waals surface area contributed by atoms with Crippen LogP contribution in [0.4, 0.5) is 0 Å². The molecule has 0 saturated carbocycles. The van der Waals surface area contributed by atoms with Gasteiger partial charge in [0.05, 0.1) is 28.4 Å². The summed E-state index contributed by atoms with van der Waals surface area (Å²) in [5.41, 5.74) is 7.12. The number of fused-ring (bicyclic) bond motifs is 1. The number of benzene rings is 1. The third-order valence-electron chi connectivity index (χ3n) is 4.21. The van der Waals surface area contributed by atoms with Crippen molar-refractivity contribution >= 4 is 27.5 Å². The van der Waals surface area contributed by atoms with E-state index in [2.05, 4.69) is 6.07 Å². The molecule has 118 valence electrons. The second-order valence-corrected chi connectivity index (χ2v) is 6.74. The SMILES string of the molecule is NCc1cc(C(=O)N2CCCC2c2nc3ccccc3s2)co1. The van der Waals surface area contributed by atoms with Crippen LogP contribution in [0.15, 0.2) is 41.0 Å². The predicted molar refractivity (Wildman–Crippen MR) is 89.2 cm³/mol. The molecular formula is C17H17N3O2S. The molecule has 3 heterocycles. The number of amides is 1. The number of para-hydroxylation sites is 1. The number of likely N-dealkylation sites (tertiary alicyclic amines) is 1. The van der Waals surface area contributed by atoms with Crippen molar-refractivity contribution in [3.8, 4) is 0 Å². The highest BCUT2D eigenvalue weighted by molar-refractivity contribution is 7.18. The lowest BCUT2D eigenvalue weighted by Gasteiger charge is -2.22. The van der Waals surface area contributed by atoms with Crippen molar-refractivity contribution in [2.45, 2.75) is 25.4 Å². The van der Waals surface area contributed by atoms with Gasteiger partial charge in [0.2, 0.25) is 0 Å².